The second-order valence-electron chi connectivity index (χ2n) is 8.83. The van der Waals surface area contributed by atoms with Gasteiger partial charge in [0.2, 0.25) is 0 Å². The van der Waals surface area contributed by atoms with Crippen molar-refractivity contribution >= 4 is 22.7 Å². The van der Waals surface area contributed by atoms with E-state index in [4.69, 9.17) is 8.85 Å². The largest absolute Gasteiger partial charge is 0.503 e. The number of nitrogens with one attached hydrogen (secondary N) is 1. The summed E-state index contributed by atoms with van der Waals surface area (Å²) in [6.45, 7) is 22.6. The summed E-state index contributed by atoms with van der Waals surface area (Å²) in [5.41, 5.74) is 1.23. The maximum atomic E-state index is 12.4. The zero-order valence-electron chi connectivity index (χ0n) is 18.4. The molecule has 0 aromatic carbocycles. The summed E-state index contributed by atoms with van der Waals surface area (Å²) in [6.07, 6.45) is 2.09. The quantitative estimate of drug-likeness (QED) is 0.333. The van der Waals surface area contributed by atoms with E-state index >= 15 is 0 Å². The molecule has 0 aliphatic heterocycles. The van der Waals surface area contributed by atoms with Gasteiger partial charge in [-0.05, 0) is 55.5 Å². The van der Waals surface area contributed by atoms with Crippen LogP contribution in [0, 0.1) is 0 Å². The fourth-order valence-electron chi connectivity index (χ4n) is 3.94. The van der Waals surface area contributed by atoms with Gasteiger partial charge < -0.3 is 14.2 Å². The highest BCUT2D eigenvalue weighted by atomic mass is 28.4. The Morgan fingerprint density at radius 1 is 0.960 bits per heavy atom. The van der Waals surface area contributed by atoms with Crippen molar-refractivity contribution in [2.45, 2.75) is 110 Å². The molecule has 0 saturated carbocycles. The molecule has 6 heteroatoms. The molecular formula is C19H43NO3Si2. The van der Waals surface area contributed by atoms with Gasteiger partial charge in [-0.1, -0.05) is 48.5 Å². The normalized spacial score (nSPS) is 14.3. The summed E-state index contributed by atoms with van der Waals surface area (Å²) in [6, 6.07) is 1.05. The van der Waals surface area contributed by atoms with Gasteiger partial charge in [0.25, 0.3) is 8.32 Å². The van der Waals surface area contributed by atoms with Gasteiger partial charge in [-0.15, -0.1) is 0 Å². The lowest BCUT2D eigenvalue weighted by Gasteiger charge is -2.41. The van der Waals surface area contributed by atoms with Crippen molar-refractivity contribution in [1.82, 2.24) is 5.32 Å². The van der Waals surface area contributed by atoms with Gasteiger partial charge >= 0.3 is 6.09 Å². The van der Waals surface area contributed by atoms with Gasteiger partial charge in [0.15, 0.2) is 8.32 Å². The molecule has 0 spiro atoms. The molecule has 25 heavy (non-hydrogen) atoms. The number of carbonyl (C=O) groups is 1. The van der Waals surface area contributed by atoms with Crippen LogP contribution >= 0.6 is 0 Å². The number of amides is 1. The minimum absolute atomic E-state index is 0.231. The van der Waals surface area contributed by atoms with Crippen molar-refractivity contribution in [3.8, 4) is 0 Å². The van der Waals surface area contributed by atoms with E-state index in [9.17, 15) is 4.79 Å². The SMILES string of the molecule is CCC(C)O[Si](C)(C)CCCNC(=O)O[Si](C(C)C)(C(C)C)C(C)C. The Labute approximate surface area is 158 Å². The monoisotopic (exact) mass is 389 g/mol. The molecule has 0 aliphatic rings. The average Bonchev–Trinajstić information content (AvgIpc) is 2.47. The third-order valence-corrected chi connectivity index (χ3v) is 13.8. The van der Waals surface area contributed by atoms with Crippen LogP contribution in [0.15, 0.2) is 0 Å². The molecule has 0 heterocycles. The van der Waals surface area contributed by atoms with Crippen LogP contribution in [-0.4, -0.2) is 35.4 Å². The van der Waals surface area contributed by atoms with E-state index in [1.165, 1.54) is 0 Å². The van der Waals surface area contributed by atoms with Gasteiger partial charge in [0, 0.05) is 12.6 Å². The molecule has 0 rings (SSSR count). The maximum Gasteiger partial charge on any atom is 0.393 e. The molecule has 0 fully saturated rings. The first-order chi connectivity index (χ1) is 11.4. The highest BCUT2D eigenvalue weighted by Crippen LogP contribution is 2.42. The van der Waals surface area contributed by atoms with Gasteiger partial charge in [0.05, 0.1) is 0 Å². The standard InChI is InChI=1S/C19H43NO3Si2/c1-11-18(8)22-24(9,10)14-12-13-20-19(21)23-25(15(2)3,16(4)5)17(6)7/h15-18H,11-14H2,1-10H3,(H,20,21). The van der Waals surface area contributed by atoms with E-state index in [0.717, 1.165) is 18.9 Å². The molecule has 0 aromatic heterocycles. The summed E-state index contributed by atoms with van der Waals surface area (Å²) in [5, 5.41) is 2.98. The van der Waals surface area contributed by atoms with Crippen LogP contribution in [-0.2, 0) is 8.85 Å². The maximum absolute atomic E-state index is 12.4. The fourth-order valence-corrected chi connectivity index (χ4v) is 11.4. The molecule has 0 radical (unpaired) electrons. The minimum Gasteiger partial charge on any atom is -0.503 e. The Kier molecular flexibility index (Phi) is 10.6. The molecule has 150 valence electrons. The molecule has 0 bridgehead atoms. The first kappa shape index (κ1) is 24.7. The average molecular weight is 390 g/mol. The number of hydrogen-bond donors (Lipinski definition) is 1. The first-order valence-electron chi connectivity index (χ1n) is 10.0. The van der Waals surface area contributed by atoms with E-state index in [1.54, 1.807) is 0 Å². The third-order valence-electron chi connectivity index (χ3n) is 5.30. The summed E-state index contributed by atoms with van der Waals surface area (Å²) >= 11 is 0. The van der Waals surface area contributed by atoms with Gasteiger partial charge in [-0.3, -0.25) is 0 Å². The van der Waals surface area contributed by atoms with E-state index < -0.39 is 16.6 Å². The molecule has 1 N–H and O–H groups in total. The van der Waals surface area contributed by atoms with E-state index in [0.29, 0.717) is 29.3 Å². The molecule has 1 atom stereocenters. The Balaban J connectivity index is 4.51. The van der Waals surface area contributed by atoms with Crippen LogP contribution in [0.2, 0.25) is 35.8 Å². The van der Waals surface area contributed by atoms with Crippen LogP contribution in [0.3, 0.4) is 0 Å². The summed E-state index contributed by atoms with van der Waals surface area (Å²) in [7, 11) is -3.79. The highest BCUT2D eigenvalue weighted by Gasteiger charge is 2.48. The lowest BCUT2D eigenvalue weighted by molar-refractivity contribution is 0.192. The van der Waals surface area contributed by atoms with E-state index in [2.05, 4.69) is 73.8 Å². The Bertz CT molecular complexity index is 376. The zero-order valence-corrected chi connectivity index (χ0v) is 20.4. The minimum atomic E-state index is -2.14. The molecular weight excluding hydrogens is 346 g/mol. The third kappa shape index (κ3) is 7.83. The Morgan fingerprint density at radius 2 is 1.44 bits per heavy atom. The van der Waals surface area contributed by atoms with Gasteiger partial charge in [-0.25, -0.2) is 4.79 Å². The van der Waals surface area contributed by atoms with Crippen molar-refractivity contribution in [3.63, 3.8) is 0 Å². The summed E-state index contributed by atoms with van der Waals surface area (Å²) in [4.78, 5) is 12.4. The molecule has 0 saturated heterocycles. The van der Waals surface area contributed by atoms with Crippen LogP contribution in [0.25, 0.3) is 0 Å². The molecule has 0 aliphatic carbocycles. The van der Waals surface area contributed by atoms with Crippen molar-refractivity contribution < 1.29 is 13.6 Å². The fraction of sp³-hybridized carbons (Fsp3) is 0.947. The zero-order chi connectivity index (χ0) is 19.8. The number of rotatable bonds is 11. The highest BCUT2D eigenvalue weighted by molar-refractivity contribution is 6.78. The van der Waals surface area contributed by atoms with E-state index in [1.807, 2.05) is 0 Å². The second kappa shape index (κ2) is 10.7. The lowest BCUT2D eigenvalue weighted by Crippen LogP contribution is -2.51. The van der Waals surface area contributed by atoms with Gasteiger partial charge in [0.1, 0.15) is 0 Å². The van der Waals surface area contributed by atoms with Gasteiger partial charge in [-0.2, -0.15) is 0 Å². The lowest BCUT2D eigenvalue weighted by atomic mass is 10.3. The van der Waals surface area contributed by atoms with Crippen LogP contribution in [0.5, 0.6) is 0 Å². The Hall–Kier alpha value is -0.336. The van der Waals surface area contributed by atoms with Crippen molar-refractivity contribution in [2.24, 2.45) is 0 Å². The predicted molar refractivity (Wildman–Crippen MR) is 113 cm³/mol. The van der Waals surface area contributed by atoms with E-state index in [-0.39, 0.29) is 6.09 Å². The number of hydrogen-bond acceptors (Lipinski definition) is 3. The topological polar surface area (TPSA) is 47.6 Å². The van der Waals surface area contributed by atoms with Crippen LogP contribution < -0.4 is 5.32 Å². The molecule has 4 nitrogen and oxygen atoms in total. The summed E-state index contributed by atoms with van der Waals surface area (Å²) < 4.78 is 12.3. The van der Waals surface area contributed by atoms with Crippen molar-refractivity contribution in [1.29, 1.82) is 0 Å². The second-order valence-corrected chi connectivity index (χ2v) is 18.5. The Morgan fingerprint density at radius 3 is 1.84 bits per heavy atom. The molecule has 1 amide bonds. The van der Waals surface area contributed by atoms with Crippen LogP contribution in [0.1, 0.15) is 68.2 Å². The summed E-state index contributed by atoms with van der Waals surface area (Å²) in [5.74, 6) is 0. The predicted octanol–water partition coefficient (Wildman–Crippen LogP) is 6.30. The first-order valence-corrected chi connectivity index (χ1v) is 15.3. The van der Waals surface area contributed by atoms with Crippen molar-refractivity contribution in [2.75, 3.05) is 6.54 Å². The van der Waals surface area contributed by atoms with Crippen molar-refractivity contribution in [3.05, 3.63) is 0 Å². The van der Waals surface area contributed by atoms with Crippen LogP contribution in [0.4, 0.5) is 4.79 Å². The molecule has 0 aromatic rings. The smallest absolute Gasteiger partial charge is 0.393 e. The molecule has 1 unspecified atom stereocenters. The number of carbonyl (C=O) groups excluding carboxylic acids is 1.